The lowest BCUT2D eigenvalue weighted by Gasteiger charge is -2.22. The maximum Gasteiger partial charge on any atom is 0.0588 e. The van der Waals surface area contributed by atoms with Crippen LogP contribution in [0.1, 0.15) is 33.9 Å². The van der Waals surface area contributed by atoms with E-state index in [2.05, 4.69) is 78.4 Å². The van der Waals surface area contributed by atoms with E-state index in [0.29, 0.717) is 0 Å². The second-order valence-corrected chi connectivity index (χ2v) is 5.89. The average Bonchev–Trinajstić information content (AvgIpc) is 2.39. The zero-order valence-corrected chi connectivity index (χ0v) is 13.5. The molecule has 2 aromatic carbocycles. The Labute approximate surface area is 124 Å². The topological polar surface area (TPSA) is 12.0 Å². The van der Waals surface area contributed by atoms with Gasteiger partial charge in [-0.3, -0.25) is 0 Å². The Kier molecular flexibility index (Phi) is 4.43. The second kappa shape index (κ2) is 5.89. The first-order valence-electron chi connectivity index (χ1n) is 6.54. The van der Waals surface area contributed by atoms with E-state index in [1.807, 2.05) is 7.05 Å². The summed E-state index contributed by atoms with van der Waals surface area (Å²) < 4.78 is 1.15. The highest BCUT2D eigenvalue weighted by Crippen LogP contribution is 2.31. The van der Waals surface area contributed by atoms with Crippen LogP contribution in [0.4, 0.5) is 0 Å². The van der Waals surface area contributed by atoms with Gasteiger partial charge in [0.15, 0.2) is 0 Å². The SMILES string of the molecule is CNC(c1cc(C)ccc1Br)c1cccc(C)c1C. The predicted molar refractivity (Wildman–Crippen MR) is 85.7 cm³/mol. The van der Waals surface area contributed by atoms with Crippen LogP contribution in [0.3, 0.4) is 0 Å². The molecule has 19 heavy (non-hydrogen) atoms. The molecule has 2 aromatic rings. The van der Waals surface area contributed by atoms with Crippen LogP contribution in [0.5, 0.6) is 0 Å². The molecule has 0 fully saturated rings. The van der Waals surface area contributed by atoms with E-state index in [1.54, 1.807) is 0 Å². The summed E-state index contributed by atoms with van der Waals surface area (Å²) in [6, 6.07) is 13.2. The van der Waals surface area contributed by atoms with Gasteiger partial charge in [-0.1, -0.05) is 51.8 Å². The van der Waals surface area contributed by atoms with Gasteiger partial charge in [-0.15, -0.1) is 0 Å². The highest BCUT2D eigenvalue weighted by molar-refractivity contribution is 9.10. The van der Waals surface area contributed by atoms with Gasteiger partial charge in [0.1, 0.15) is 0 Å². The highest BCUT2D eigenvalue weighted by Gasteiger charge is 2.17. The largest absolute Gasteiger partial charge is 0.309 e. The predicted octanol–water partition coefficient (Wildman–Crippen LogP) is 4.68. The molecule has 1 N–H and O–H groups in total. The Morgan fingerprint density at radius 1 is 1.00 bits per heavy atom. The molecule has 1 unspecified atom stereocenters. The maximum atomic E-state index is 3.67. The molecule has 0 radical (unpaired) electrons. The molecule has 1 atom stereocenters. The van der Waals surface area contributed by atoms with Gasteiger partial charge in [0.2, 0.25) is 0 Å². The van der Waals surface area contributed by atoms with Gasteiger partial charge in [-0.25, -0.2) is 0 Å². The van der Waals surface area contributed by atoms with Crippen molar-refractivity contribution in [3.63, 3.8) is 0 Å². The van der Waals surface area contributed by atoms with Gasteiger partial charge in [0, 0.05) is 4.47 Å². The van der Waals surface area contributed by atoms with E-state index < -0.39 is 0 Å². The van der Waals surface area contributed by atoms with Crippen LogP contribution in [0.15, 0.2) is 40.9 Å². The Morgan fingerprint density at radius 2 is 1.74 bits per heavy atom. The Hall–Kier alpha value is -1.12. The van der Waals surface area contributed by atoms with Crippen molar-refractivity contribution in [2.45, 2.75) is 26.8 Å². The molecule has 2 heteroatoms. The van der Waals surface area contributed by atoms with Crippen molar-refractivity contribution in [3.05, 3.63) is 68.7 Å². The summed E-state index contributed by atoms with van der Waals surface area (Å²) in [4.78, 5) is 0. The van der Waals surface area contributed by atoms with Crippen LogP contribution in [0.2, 0.25) is 0 Å². The third-order valence-electron chi connectivity index (χ3n) is 3.71. The van der Waals surface area contributed by atoms with E-state index >= 15 is 0 Å². The minimum atomic E-state index is 0.217. The smallest absolute Gasteiger partial charge is 0.0588 e. The molecule has 0 amide bonds. The number of benzene rings is 2. The minimum Gasteiger partial charge on any atom is -0.309 e. The van der Waals surface area contributed by atoms with Gasteiger partial charge in [0.25, 0.3) is 0 Å². The van der Waals surface area contributed by atoms with E-state index in [1.165, 1.54) is 27.8 Å². The first-order chi connectivity index (χ1) is 9.04. The lowest BCUT2D eigenvalue weighted by Crippen LogP contribution is -2.19. The summed E-state index contributed by atoms with van der Waals surface area (Å²) in [5.74, 6) is 0. The number of rotatable bonds is 3. The summed E-state index contributed by atoms with van der Waals surface area (Å²) in [7, 11) is 2.02. The molecule has 2 rings (SSSR count). The van der Waals surface area contributed by atoms with Crippen molar-refractivity contribution in [2.75, 3.05) is 7.05 Å². The normalized spacial score (nSPS) is 12.5. The third kappa shape index (κ3) is 2.90. The minimum absolute atomic E-state index is 0.217. The molecule has 0 spiro atoms. The quantitative estimate of drug-likeness (QED) is 0.866. The Morgan fingerprint density at radius 3 is 2.42 bits per heavy atom. The van der Waals surface area contributed by atoms with Crippen LogP contribution < -0.4 is 5.32 Å². The van der Waals surface area contributed by atoms with Crippen LogP contribution in [0, 0.1) is 20.8 Å². The lowest BCUT2D eigenvalue weighted by atomic mass is 9.92. The van der Waals surface area contributed by atoms with Crippen molar-refractivity contribution in [1.29, 1.82) is 0 Å². The fraction of sp³-hybridized carbons (Fsp3) is 0.294. The highest BCUT2D eigenvalue weighted by atomic mass is 79.9. The summed E-state index contributed by atoms with van der Waals surface area (Å²) in [6.45, 7) is 6.49. The third-order valence-corrected chi connectivity index (χ3v) is 4.43. The molecule has 0 saturated carbocycles. The Balaban J connectivity index is 2.56. The molecule has 0 aliphatic rings. The first-order valence-corrected chi connectivity index (χ1v) is 7.33. The molecule has 100 valence electrons. The van der Waals surface area contributed by atoms with Crippen LogP contribution in [-0.2, 0) is 0 Å². The number of hydrogen-bond acceptors (Lipinski definition) is 1. The number of halogens is 1. The summed E-state index contributed by atoms with van der Waals surface area (Å²) in [6.07, 6.45) is 0. The average molecular weight is 318 g/mol. The molecule has 0 aliphatic carbocycles. The van der Waals surface area contributed by atoms with Crippen molar-refractivity contribution < 1.29 is 0 Å². The monoisotopic (exact) mass is 317 g/mol. The van der Waals surface area contributed by atoms with E-state index in [4.69, 9.17) is 0 Å². The van der Waals surface area contributed by atoms with Crippen molar-refractivity contribution in [3.8, 4) is 0 Å². The van der Waals surface area contributed by atoms with E-state index in [9.17, 15) is 0 Å². The fourth-order valence-corrected chi connectivity index (χ4v) is 2.92. The molecular weight excluding hydrogens is 298 g/mol. The van der Waals surface area contributed by atoms with Crippen molar-refractivity contribution in [2.24, 2.45) is 0 Å². The van der Waals surface area contributed by atoms with Crippen LogP contribution in [-0.4, -0.2) is 7.05 Å². The molecule has 1 nitrogen and oxygen atoms in total. The Bertz CT molecular complexity index is 588. The molecule has 0 heterocycles. The first kappa shape index (κ1) is 14.3. The van der Waals surface area contributed by atoms with Crippen LogP contribution in [0.25, 0.3) is 0 Å². The van der Waals surface area contributed by atoms with Crippen LogP contribution >= 0.6 is 15.9 Å². The standard InChI is InChI=1S/C17H20BrN/c1-11-8-9-16(18)15(10-11)17(19-4)14-7-5-6-12(2)13(14)3/h5-10,17,19H,1-4H3. The number of hydrogen-bond donors (Lipinski definition) is 1. The zero-order valence-electron chi connectivity index (χ0n) is 11.9. The number of aryl methyl sites for hydroxylation is 2. The zero-order chi connectivity index (χ0) is 14.0. The molecule has 0 saturated heterocycles. The van der Waals surface area contributed by atoms with E-state index in [-0.39, 0.29) is 6.04 Å². The summed E-state index contributed by atoms with van der Waals surface area (Å²) in [5, 5.41) is 3.44. The molecular formula is C17H20BrN. The maximum absolute atomic E-state index is 3.67. The molecule has 0 aromatic heterocycles. The molecule has 0 aliphatic heterocycles. The second-order valence-electron chi connectivity index (χ2n) is 5.04. The van der Waals surface area contributed by atoms with Gasteiger partial charge in [-0.05, 0) is 56.1 Å². The van der Waals surface area contributed by atoms with Gasteiger partial charge < -0.3 is 5.32 Å². The summed E-state index contributed by atoms with van der Waals surface area (Å²) >= 11 is 3.67. The van der Waals surface area contributed by atoms with Crippen molar-refractivity contribution >= 4 is 15.9 Å². The van der Waals surface area contributed by atoms with E-state index in [0.717, 1.165) is 4.47 Å². The summed E-state index contributed by atoms with van der Waals surface area (Å²) in [5.41, 5.74) is 6.60. The van der Waals surface area contributed by atoms with Gasteiger partial charge in [0.05, 0.1) is 6.04 Å². The van der Waals surface area contributed by atoms with Gasteiger partial charge in [-0.2, -0.15) is 0 Å². The fourth-order valence-electron chi connectivity index (χ4n) is 2.45. The van der Waals surface area contributed by atoms with Crippen molar-refractivity contribution in [1.82, 2.24) is 5.32 Å². The molecule has 0 bridgehead atoms. The number of nitrogens with one attached hydrogen (secondary N) is 1. The lowest BCUT2D eigenvalue weighted by molar-refractivity contribution is 0.683. The van der Waals surface area contributed by atoms with Gasteiger partial charge >= 0.3 is 0 Å².